The van der Waals surface area contributed by atoms with Gasteiger partial charge in [-0.15, -0.1) is 0 Å². The Morgan fingerprint density at radius 1 is 1.14 bits per heavy atom. The number of benzene rings is 1. The first kappa shape index (κ1) is 17.3. The zero-order valence-electron chi connectivity index (χ0n) is 14.2. The van der Waals surface area contributed by atoms with Gasteiger partial charge in [0, 0.05) is 11.0 Å². The summed E-state index contributed by atoms with van der Waals surface area (Å²) in [6, 6.07) is 4.18. The number of hydrogen-bond donors (Lipinski definition) is 0. The topological polar surface area (TPSA) is 34.1 Å². The van der Waals surface area contributed by atoms with Crippen LogP contribution in [-0.4, -0.2) is 11.4 Å². The summed E-state index contributed by atoms with van der Waals surface area (Å²) in [5.41, 5.74) is 3.70. The minimum absolute atomic E-state index is 0.0552. The molecule has 0 N–H and O–H groups in total. The largest absolute Gasteiger partial charge is 0.293 e. The highest BCUT2D eigenvalue weighted by molar-refractivity contribution is 7.24. The third kappa shape index (κ3) is 3.04. The van der Waals surface area contributed by atoms with Crippen molar-refractivity contribution >= 4 is 14.2 Å². The van der Waals surface area contributed by atoms with Gasteiger partial charge in [0.05, 0.1) is 5.66 Å². The van der Waals surface area contributed by atoms with Gasteiger partial charge in [0.15, 0.2) is 14.2 Å². The number of ketones is 1. The molecule has 120 valence electrons. The van der Waals surface area contributed by atoms with E-state index < -0.39 is 5.41 Å². The van der Waals surface area contributed by atoms with Gasteiger partial charge in [-0.1, -0.05) is 43.9 Å². The van der Waals surface area contributed by atoms with Crippen LogP contribution in [0.15, 0.2) is 12.1 Å². The molecule has 0 aromatic heterocycles. The summed E-state index contributed by atoms with van der Waals surface area (Å²) in [6.07, 6.45) is 5.88. The second-order valence-electron chi connectivity index (χ2n) is 6.85. The maximum Gasteiger partial charge on any atom is 0.170 e. The number of aryl methyl sites for hydroxylation is 3. The molecule has 3 heteroatoms. The molecule has 1 fully saturated rings. The van der Waals surface area contributed by atoms with Crippen molar-refractivity contribution in [2.45, 2.75) is 71.9 Å². The lowest BCUT2D eigenvalue weighted by molar-refractivity contribution is 0.0697. The van der Waals surface area contributed by atoms with Crippen LogP contribution in [0.5, 0.6) is 0 Å². The smallest absolute Gasteiger partial charge is 0.170 e. The molecule has 1 saturated carbocycles. The molecule has 0 aliphatic heterocycles. The van der Waals surface area contributed by atoms with Crippen molar-refractivity contribution in [3.63, 3.8) is 0 Å². The van der Waals surface area contributed by atoms with Crippen LogP contribution < -0.4 is 0 Å². The van der Waals surface area contributed by atoms with Gasteiger partial charge in [-0.2, -0.15) is 0 Å². The maximum atomic E-state index is 13.5. The second-order valence-corrected chi connectivity index (χ2v) is 7.68. The van der Waals surface area contributed by atoms with Gasteiger partial charge in [0.2, 0.25) is 0 Å². The van der Waals surface area contributed by atoms with E-state index in [1.54, 1.807) is 0 Å². The average Bonchev–Trinajstić information content (AvgIpc) is 2.48. The molecule has 22 heavy (non-hydrogen) atoms. The Morgan fingerprint density at radius 3 is 2.14 bits per heavy atom. The molecule has 2 rings (SSSR count). The lowest BCUT2D eigenvalue weighted by Crippen LogP contribution is -2.42. The number of rotatable bonds is 5. The predicted molar refractivity (Wildman–Crippen MR) is 92.2 cm³/mol. The first-order valence-corrected chi connectivity index (χ1v) is 9.29. The molecule has 0 saturated heterocycles. The normalized spacial score (nSPS) is 19.1. The number of carbonyl (C=O) groups excluding carboxylic acids is 1. The molecule has 1 aliphatic rings. The van der Waals surface area contributed by atoms with Crippen molar-refractivity contribution in [3.05, 3.63) is 34.4 Å². The van der Waals surface area contributed by atoms with Crippen molar-refractivity contribution in [2.24, 2.45) is 5.41 Å². The SMILES string of the molecule is CCC(P=O)C1(C(=O)c2c(C)cc(C)cc2C)CCCCC1. The fraction of sp³-hybridized carbons (Fsp3) is 0.632. The summed E-state index contributed by atoms with van der Waals surface area (Å²) in [4.78, 5) is 13.5. The van der Waals surface area contributed by atoms with E-state index in [0.29, 0.717) is 0 Å². The van der Waals surface area contributed by atoms with Crippen LogP contribution in [-0.2, 0) is 4.57 Å². The number of carbonyl (C=O) groups is 1. The Hall–Kier alpha value is -1.01. The summed E-state index contributed by atoms with van der Waals surface area (Å²) < 4.78 is 11.7. The highest BCUT2D eigenvalue weighted by atomic mass is 31.1. The molecule has 0 spiro atoms. The van der Waals surface area contributed by atoms with Gasteiger partial charge in [0.1, 0.15) is 0 Å². The van der Waals surface area contributed by atoms with E-state index in [1.807, 2.05) is 20.8 Å². The molecular weight excluding hydrogens is 291 g/mol. The standard InChI is InChI=1S/C19H27O2P/c1-5-16(22-21)19(9-7-6-8-10-19)18(20)17-14(3)11-13(2)12-15(17)4/h11-12,16H,5-10H2,1-4H3. The Balaban J connectivity index is 2.53. The van der Waals surface area contributed by atoms with Crippen molar-refractivity contribution in [1.82, 2.24) is 0 Å². The van der Waals surface area contributed by atoms with Gasteiger partial charge in [-0.25, -0.2) is 0 Å². The summed E-state index contributed by atoms with van der Waals surface area (Å²) in [7, 11) is 0.126. The Bertz CT molecular complexity index is 548. The van der Waals surface area contributed by atoms with Crippen molar-refractivity contribution in [3.8, 4) is 0 Å². The van der Waals surface area contributed by atoms with Gasteiger partial charge >= 0.3 is 0 Å². The van der Waals surface area contributed by atoms with Gasteiger partial charge in [-0.05, 0) is 51.2 Å². The van der Waals surface area contributed by atoms with E-state index in [9.17, 15) is 9.36 Å². The molecule has 0 amide bonds. The fourth-order valence-electron chi connectivity index (χ4n) is 4.25. The van der Waals surface area contributed by atoms with Crippen LogP contribution in [0.4, 0.5) is 0 Å². The maximum absolute atomic E-state index is 13.5. The molecule has 2 nitrogen and oxygen atoms in total. The Kier molecular flexibility index (Phi) is 5.55. The lowest BCUT2D eigenvalue weighted by atomic mass is 9.65. The summed E-state index contributed by atoms with van der Waals surface area (Å²) >= 11 is 0. The summed E-state index contributed by atoms with van der Waals surface area (Å²) in [6.45, 7) is 8.17. The summed E-state index contributed by atoms with van der Waals surface area (Å²) in [5.74, 6) is 0.234. The quantitative estimate of drug-likeness (QED) is 0.506. The van der Waals surface area contributed by atoms with Gasteiger partial charge < -0.3 is 0 Å². The van der Waals surface area contributed by atoms with Crippen LogP contribution >= 0.6 is 8.46 Å². The molecule has 1 aromatic rings. The zero-order valence-corrected chi connectivity index (χ0v) is 15.1. The summed E-state index contributed by atoms with van der Waals surface area (Å²) in [5, 5.41) is 0. The predicted octanol–water partition coefficient (Wildman–Crippen LogP) is 5.82. The van der Waals surface area contributed by atoms with Crippen molar-refractivity contribution in [2.75, 3.05) is 0 Å². The molecule has 0 radical (unpaired) electrons. The minimum atomic E-state index is -0.429. The Labute approximate surface area is 135 Å². The minimum Gasteiger partial charge on any atom is -0.293 e. The molecular formula is C19H27O2P. The van der Waals surface area contributed by atoms with Crippen LogP contribution in [0.1, 0.15) is 72.5 Å². The van der Waals surface area contributed by atoms with E-state index in [-0.39, 0.29) is 19.9 Å². The monoisotopic (exact) mass is 318 g/mol. The fourth-order valence-corrected chi connectivity index (χ4v) is 4.97. The third-order valence-electron chi connectivity index (χ3n) is 5.25. The first-order valence-electron chi connectivity index (χ1n) is 8.41. The van der Waals surface area contributed by atoms with Gasteiger partial charge in [-0.3, -0.25) is 9.36 Å². The Morgan fingerprint density at radius 2 is 1.68 bits per heavy atom. The van der Waals surface area contributed by atoms with Crippen molar-refractivity contribution < 1.29 is 9.36 Å². The van der Waals surface area contributed by atoms with Crippen LogP contribution in [0, 0.1) is 26.2 Å². The molecule has 1 unspecified atom stereocenters. The van der Waals surface area contributed by atoms with Gasteiger partial charge in [0.25, 0.3) is 0 Å². The van der Waals surface area contributed by atoms with Crippen LogP contribution in [0.2, 0.25) is 0 Å². The third-order valence-corrected chi connectivity index (χ3v) is 6.37. The van der Waals surface area contributed by atoms with E-state index in [4.69, 9.17) is 0 Å². The highest BCUT2D eigenvalue weighted by Crippen LogP contribution is 2.48. The number of Topliss-reactive ketones (excluding diaryl/α,β-unsaturated/α-hetero) is 1. The average molecular weight is 318 g/mol. The molecule has 0 heterocycles. The first-order chi connectivity index (χ1) is 10.5. The highest BCUT2D eigenvalue weighted by Gasteiger charge is 2.46. The molecule has 0 bridgehead atoms. The van der Waals surface area contributed by atoms with Crippen LogP contribution in [0.3, 0.4) is 0 Å². The van der Waals surface area contributed by atoms with Crippen molar-refractivity contribution in [1.29, 1.82) is 0 Å². The molecule has 1 aromatic carbocycles. The van der Waals surface area contributed by atoms with E-state index in [1.165, 1.54) is 12.0 Å². The van der Waals surface area contributed by atoms with E-state index >= 15 is 0 Å². The molecule has 1 atom stereocenters. The number of hydrogen-bond acceptors (Lipinski definition) is 2. The molecule has 1 aliphatic carbocycles. The zero-order chi connectivity index (χ0) is 16.3. The van der Waals surface area contributed by atoms with E-state index in [2.05, 4.69) is 19.1 Å². The second kappa shape index (κ2) is 7.04. The lowest BCUT2D eigenvalue weighted by Gasteiger charge is -2.40. The van der Waals surface area contributed by atoms with Crippen LogP contribution in [0.25, 0.3) is 0 Å². The van der Waals surface area contributed by atoms with E-state index in [0.717, 1.165) is 48.8 Å².